The predicted octanol–water partition coefficient (Wildman–Crippen LogP) is 1.83. The van der Waals surface area contributed by atoms with Gasteiger partial charge >= 0.3 is 0 Å². The highest BCUT2D eigenvalue weighted by Gasteiger charge is 2.22. The van der Waals surface area contributed by atoms with E-state index < -0.39 is 10.8 Å². The van der Waals surface area contributed by atoms with E-state index in [-0.39, 0.29) is 17.3 Å². The lowest BCUT2D eigenvalue weighted by atomic mass is 10.1. The smallest absolute Gasteiger partial charge is 0.282 e. The van der Waals surface area contributed by atoms with Crippen LogP contribution in [0.1, 0.15) is 28.3 Å². The molecule has 1 atom stereocenters. The molecule has 2 rings (SSSR count). The van der Waals surface area contributed by atoms with Gasteiger partial charge in [-0.2, -0.15) is 0 Å². The number of benzene rings is 1. The summed E-state index contributed by atoms with van der Waals surface area (Å²) in [5, 5.41) is 16.2. The average Bonchev–Trinajstić information content (AvgIpc) is 3.00. The van der Waals surface area contributed by atoms with Gasteiger partial charge in [0.25, 0.3) is 11.6 Å². The third-order valence-corrected chi connectivity index (χ3v) is 3.73. The summed E-state index contributed by atoms with van der Waals surface area (Å²) >= 11 is 1.39. The van der Waals surface area contributed by atoms with Crippen LogP contribution in [0.15, 0.2) is 29.8 Å². The van der Waals surface area contributed by atoms with E-state index >= 15 is 0 Å². The van der Waals surface area contributed by atoms with Gasteiger partial charge in [-0.15, -0.1) is 11.3 Å². The molecule has 4 N–H and O–H groups in total. The molecule has 21 heavy (non-hydrogen) atoms. The molecule has 1 heterocycles. The Kier molecular flexibility index (Phi) is 4.45. The van der Waals surface area contributed by atoms with Crippen LogP contribution in [0.2, 0.25) is 0 Å². The number of nitrogens with zero attached hydrogens (tertiary/aromatic N) is 2. The highest BCUT2D eigenvalue weighted by Crippen LogP contribution is 2.23. The van der Waals surface area contributed by atoms with Gasteiger partial charge in [0, 0.05) is 23.3 Å². The van der Waals surface area contributed by atoms with Crippen molar-refractivity contribution in [3.8, 4) is 0 Å². The fraction of sp³-hybridized carbons (Fsp3) is 0.167. The standard InChI is InChI=1S/C12H13N5O3S/c1-7(12-14-4-5-21-12)15-11(18)9-6-8(16-13)2-3-10(9)17(19)20/h2-7,16H,13H2,1H3,(H,15,18). The minimum atomic E-state index is -0.608. The molecule has 110 valence electrons. The van der Waals surface area contributed by atoms with Crippen molar-refractivity contribution in [2.24, 2.45) is 5.84 Å². The molecule has 0 aliphatic carbocycles. The lowest BCUT2D eigenvalue weighted by Gasteiger charge is -2.12. The van der Waals surface area contributed by atoms with Crippen LogP contribution in [0.3, 0.4) is 0 Å². The number of hydrazine groups is 1. The van der Waals surface area contributed by atoms with Gasteiger partial charge in [-0.1, -0.05) is 0 Å². The summed E-state index contributed by atoms with van der Waals surface area (Å²) < 4.78 is 0. The second kappa shape index (κ2) is 6.29. The number of aromatic nitrogens is 1. The number of nitrogen functional groups attached to an aromatic ring is 1. The number of carbonyl (C=O) groups excluding carboxylic acids is 1. The highest BCUT2D eigenvalue weighted by atomic mass is 32.1. The molecular formula is C12H13N5O3S. The zero-order valence-corrected chi connectivity index (χ0v) is 11.9. The number of hydrogen-bond donors (Lipinski definition) is 3. The number of thiazole rings is 1. The van der Waals surface area contributed by atoms with Crippen LogP contribution in [-0.4, -0.2) is 15.8 Å². The number of nitro groups is 1. The summed E-state index contributed by atoms with van der Waals surface area (Å²) in [7, 11) is 0. The van der Waals surface area contributed by atoms with Crippen molar-refractivity contribution in [1.29, 1.82) is 0 Å². The zero-order chi connectivity index (χ0) is 15.4. The van der Waals surface area contributed by atoms with Crippen molar-refractivity contribution in [2.45, 2.75) is 13.0 Å². The lowest BCUT2D eigenvalue weighted by molar-refractivity contribution is -0.385. The Hall–Kier alpha value is -2.52. The Bertz CT molecular complexity index is 659. The SMILES string of the molecule is CC(NC(=O)c1cc(NN)ccc1[N+](=O)[O-])c1nccs1. The molecule has 0 saturated carbocycles. The minimum Gasteiger partial charge on any atom is -0.343 e. The average molecular weight is 307 g/mol. The molecule has 0 aliphatic rings. The van der Waals surface area contributed by atoms with Crippen molar-refractivity contribution in [2.75, 3.05) is 5.43 Å². The Labute approximate surface area is 124 Å². The quantitative estimate of drug-likeness (QED) is 0.440. The summed E-state index contributed by atoms with van der Waals surface area (Å²) in [4.78, 5) is 26.7. The van der Waals surface area contributed by atoms with E-state index in [9.17, 15) is 14.9 Å². The van der Waals surface area contributed by atoms with Crippen LogP contribution in [0.5, 0.6) is 0 Å². The van der Waals surface area contributed by atoms with Gasteiger partial charge in [0.05, 0.1) is 11.0 Å². The largest absolute Gasteiger partial charge is 0.343 e. The van der Waals surface area contributed by atoms with E-state index in [2.05, 4.69) is 15.7 Å². The molecule has 2 aromatic rings. The molecule has 1 aromatic heterocycles. The summed E-state index contributed by atoms with van der Waals surface area (Å²) in [5.41, 5.74) is 2.43. The van der Waals surface area contributed by atoms with Crippen molar-refractivity contribution < 1.29 is 9.72 Å². The Morgan fingerprint density at radius 2 is 2.29 bits per heavy atom. The van der Waals surface area contributed by atoms with E-state index in [4.69, 9.17) is 5.84 Å². The zero-order valence-electron chi connectivity index (χ0n) is 11.1. The van der Waals surface area contributed by atoms with Crippen molar-refractivity contribution in [1.82, 2.24) is 10.3 Å². The number of carbonyl (C=O) groups is 1. The molecule has 0 spiro atoms. The van der Waals surface area contributed by atoms with E-state index in [0.717, 1.165) is 5.01 Å². The molecule has 1 amide bonds. The first-order chi connectivity index (χ1) is 10.0. The number of nitrogens with two attached hydrogens (primary N) is 1. The minimum absolute atomic E-state index is 0.0566. The number of anilines is 1. The first kappa shape index (κ1) is 14.9. The van der Waals surface area contributed by atoms with Gasteiger partial charge in [-0.3, -0.25) is 20.8 Å². The third kappa shape index (κ3) is 3.33. The number of rotatable bonds is 5. The van der Waals surface area contributed by atoms with E-state index in [1.54, 1.807) is 18.5 Å². The molecule has 1 aromatic carbocycles. The molecule has 9 heteroatoms. The molecule has 8 nitrogen and oxygen atoms in total. The maximum absolute atomic E-state index is 12.2. The van der Waals surface area contributed by atoms with Crippen LogP contribution in [0.4, 0.5) is 11.4 Å². The van der Waals surface area contributed by atoms with Crippen LogP contribution >= 0.6 is 11.3 Å². The number of nitrogens with one attached hydrogen (secondary N) is 2. The Balaban J connectivity index is 2.27. The molecule has 1 unspecified atom stereocenters. The van der Waals surface area contributed by atoms with Gasteiger partial charge < -0.3 is 10.7 Å². The van der Waals surface area contributed by atoms with Gasteiger partial charge in [-0.05, 0) is 19.1 Å². The second-order valence-corrected chi connectivity index (χ2v) is 5.13. The van der Waals surface area contributed by atoms with Gasteiger partial charge in [-0.25, -0.2) is 4.98 Å². The molecule has 0 aliphatic heterocycles. The second-order valence-electron chi connectivity index (χ2n) is 4.20. The van der Waals surface area contributed by atoms with Gasteiger partial charge in [0.15, 0.2) is 0 Å². The highest BCUT2D eigenvalue weighted by molar-refractivity contribution is 7.09. The van der Waals surface area contributed by atoms with Crippen LogP contribution < -0.4 is 16.6 Å². The molecule has 0 bridgehead atoms. The Morgan fingerprint density at radius 1 is 1.52 bits per heavy atom. The van der Waals surface area contributed by atoms with Crippen molar-refractivity contribution in [3.05, 3.63) is 50.5 Å². The molecule has 0 radical (unpaired) electrons. The monoisotopic (exact) mass is 307 g/mol. The van der Waals surface area contributed by atoms with E-state index in [1.807, 2.05) is 0 Å². The molecule has 0 fully saturated rings. The lowest BCUT2D eigenvalue weighted by Crippen LogP contribution is -2.27. The van der Waals surface area contributed by atoms with Gasteiger partial charge in [0.2, 0.25) is 0 Å². The first-order valence-corrected chi connectivity index (χ1v) is 6.86. The summed E-state index contributed by atoms with van der Waals surface area (Å²) in [6.07, 6.45) is 1.63. The van der Waals surface area contributed by atoms with Crippen molar-refractivity contribution >= 4 is 28.6 Å². The predicted molar refractivity (Wildman–Crippen MR) is 78.9 cm³/mol. The van der Waals surface area contributed by atoms with E-state index in [0.29, 0.717) is 5.69 Å². The molecule has 0 saturated heterocycles. The summed E-state index contributed by atoms with van der Waals surface area (Å²) in [5.74, 6) is 4.71. The maximum atomic E-state index is 12.2. The van der Waals surface area contributed by atoms with Crippen LogP contribution in [0, 0.1) is 10.1 Å². The number of amides is 1. The number of hydrogen-bond acceptors (Lipinski definition) is 7. The third-order valence-electron chi connectivity index (χ3n) is 2.77. The fourth-order valence-electron chi connectivity index (χ4n) is 1.75. The van der Waals surface area contributed by atoms with E-state index in [1.165, 1.54) is 29.5 Å². The van der Waals surface area contributed by atoms with Crippen LogP contribution in [-0.2, 0) is 0 Å². The van der Waals surface area contributed by atoms with Crippen LogP contribution in [0.25, 0.3) is 0 Å². The fourth-order valence-corrected chi connectivity index (χ4v) is 2.40. The normalized spacial score (nSPS) is 11.7. The maximum Gasteiger partial charge on any atom is 0.282 e. The van der Waals surface area contributed by atoms with Crippen molar-refractivity contribution in [3.63, 3.8) is 0 Å². The summed E-state index contributed by atoms with van der Waals surface area (Å²) in [6.45, 7) is 1.76. The topological polar surface area (TPSA) is 123 Å². The van der Waals surface area contributed by atoms with Gasteiger partial charge in [0.1, 0.15) is 10.6 Å². The summed E-state index contributed by atoms with van der Waals surface area (Å²) in [6, 6.07) is 3.66. The Morgan fingerprint density at radius 3 is 2.86 bits per heavy atom. The first-order valence-electron chi connectivity index (χ1n) is 5.98. The molecular weight excluding hydrogens is 294 g/mol. The number of nitro benzene ring substituents is 1.